The second-order valence-corrected chi connectivity index (χ2v) is 7.22. The molecule has 0 bridgehead atoms. The lowest BCUT2D eigenvalue weighted by Crippen LogP contribution is -2.48. The van der Waals surface area contributed by atoms with Crippen LogP contribution in [0.25, 0.3) is 0 Å². The van der Waals surface area contributed by atoms with Crippen molar-refractivity contribution in [3.8, 4) is 11.5 Å². The van der Waals surface area contributed by atoms with Crippen LogP contribution in [0.5, 0.6) is 11.5 Å². The van der Waals surface area contributed by atoms with Gasteiger partial charge in [-0.3, -0.25) is 0 Å². The van der Waals surface area contributed by atoms with Crippen molar-refractivity contribution < 1.29 is 17.9 Å². The molecule has 0 aromatic heterocycles. The largest absolute Gasteiger partial charge is 0.486 e. The Hall–Kier alpha value is -1.31. The van der Waals surface area contributed by atoms with E-state index in [0.29, 0.717) is 37.3 Å². The van der Waals surface area contributed by atoms with Crippen molar-refractivity contribution in [2.45, 2.75) is 36.7 Å². The van der Waals surface area contributed by atoms with Crippen molar-refractivity contribution in [2.24, 2.45) is 0 Å². The third kappa shape index (κ3) is 3.30. The van der Waals surface area contributed by atoms with Gasteiger partial charge in [-0.05, 0) is 31.9 Å². The topological polar surface area (TPSA) is 76.7 Å². The number of rotatable bonds is 3. The van der Waals surface area contributed by atoms with Gasteiger partial charge in [-0.25, -0.2) is 13.1 Å². The standard InChI is InChI=1S/C14H20N2O4S/c1-10-2-3-11(9-15-10)16-21(17,18)12-4-5-13-14(8-12)20-7-6-19-13/h4-5,8,10-11,15-16H,2-3,6-7,9H2,1H3. The Balaban J connectivity index is 1.75. The molecule has 2 heterocycles. The van der Waals surface area contributed by atoms with Crippen LogP contribution in [0.3, 0.4) is 0 Å². The molecule has 1 aromatic carbocycles. The van der Waals surface area contributed by atoms with E-state index in [1.807, 2.05) is 0 Å². The molecule has 0 amide bonds. The van der Waals surface area contributed by atoms with E-state index in [1.165, 1.54) is 6.07 Å². The highest BCUT2D eigenvalue weighted by atomic mass is 32.2. The molecule has 3 rings (SSSR count). The molecule has 2 unspecified atom stereocenters. The zero-order chi connectivity index (χ0) is 14.9. The molecule has 0 spiro atoms. The molecular weight excluding hydrogens is 292 g/mol. The summed E-state index contributed by atoms with van der Waals surface area (Å²) in [6, 6.07) is 5.09. The second-order valence-electron chi connectivity index (χ2n) is 5.51. The molecule has 1 aromatic rings. The van der Waals surface area contributed by atoms with Gasteiger partial charge in [-0.2, -0.15) is 0 Å². The summed E-state index contributed by atoms with van der Waals surface area (Å²) in [5, 5.41) is 3.28. The lowest BCUT2D eigenvalue weighted by molar-refractivity contribution is 0.171. The van der Waals surface area contributed by atoms with Crippen molar-refractivity contribution in [1.29, 1.82) is 0 Å². The Morgan fingerprint density at radius 3 is 2.67 bits per heavy atom. The van der Waals surface area contributed by atoms with Gasteiger partial charge in [0.1, 0.15) is 13.2 Å². The molecule has 7 heteroatoms. The molecule has 21 heavy (non-hydrogen) atoms. The Kier molecular flexibility index (Phi) is 4.05. The van der Waals surface area contributed by atoms with Crippen LogP contribution < -0.4 is 19.5 Å². The maximum atomic E-state index is 12.4. The summed E-state index contributed by atoms with van der Waals surface area (Å²) in [5.41, 5.74) is 0. The average Bonchev–Trinajstić information content (AvgIpc) is 2.49. The number of benzene rings is 1. The van der Waals surface area contributed by atoms with E-state index in [4.69, 9.17) is 9.47 Å². The molecule has 6 nitrogen and oxygen atoms in total. The van der Waals surface area contributed by atoms with Gasteiger partial charge in [0.25, 0.3) is 0 Å². The van der Waals surface area contributed by atoms with E-state index >= 15 is 0 Å². The Morgan fingerprint density at radius 2 is 1.95 bits per heavy atom. The SMILES string of the molecule is CC1CCC(NS(=O)(=O)c2ccc3c(c2)OCCO3)CN1. The first-order valence-electron chi connectivity index (χ1n) is 7.20. The highest BCUT2D eigenvalue weighted by Crippen LogP contribution is 2.32. The van der Waals surface area contributed by atoms with Gasteiger partial charge in [0.2, 0.25) is 10.0 Å². The normalized spacial score (nSPS) is 25.6. The summed E-state index contributed by atoms with van der Waals surface area (Å²) in [5.74, 6) is 1.08. The first kappa shape index (κ1) is 14.6. The fourth-order valence-corrected chi connectivity index (χ4v) is 3.86. The van der Waals surface area contributed by atoms with E-state index in [-0.39, 0.29) is 10.9 Å². The van der Waals surface area contributed by atoms with Gasteiger partial charge in [0, 0.05) is 24.7 Å². The van der Waals surface area contributed by atoms with Crippen LogP contribution in [0, 0.1) is 0 Å². The van der Waals surface area contributed by atoms with Gasteiger partial charge in [0.05, 0.1) is 4.90 Å². The van der Waals surface area contributed by atoms with Gasteiger partial charge >= 0.3 is 0 Å². The summed E-state index contributed by atoms with van der Waals surface area (Å²) >= 11 is 0. The van der Waals surface area contributed by atoms with Gasteiger partial charge < -0.3 is 14.8 Å². The quantitative estimate of drug-likeness (QED) is 0.866. The average molecular weight is 312 g/mol. The molecule has 2 atom stereocenters. The third-order valence-electron chi connectivity index (χ3n) is 3.81. The van der Waals surface area contributed by atoms with E-state index in [1.54, 1.807) is 12.1 Å². The number of hydrogen-bond acceptors (Lipinski definition) is 5. The van der Waals surface area contributed by atoms with Crippen molar-refractivity contribution in [1.82, 2.24) is 10.0 Å². The van der Waals surface area contributed by atoms with E-state index in [9.17, 15) is 8.42 Å². The second kappa shape index (κ2) is 5.82. The van der Waals surface area contributed by atoms with Crippen molar-refractivity contribution in [2.75, 3.05) is 19.8 Å². The maximum Gasteiger partial charge on any atom is 0.241 e. The summed E-state index contributed by atoms with van der Waals surface area (Å²) in [6.07, 6.45) is 1.81. The molecule has 0 aliphatic carbocycles. The van der Waals surface area contributed by atoms with Crippen LogP contribution in [0.2, 0.25) is 0 Å². The number of ether oxygens (including phenoxy) is 2. The van der Waals surface area contributed by atoms with Crippen molar-refractivity contribution >= 4 is 10.0 Å². The number of fused-ring (bicyclic) bond motifs is 1. The Morgan fingerprint density at radius 1 is 1.19 bits per heavy atom. The third-order valence-corrected chi connectivity index (χ3v) is 5.32. The molecular formula is C14H20N2O4S. The number of sulfonamides is 1. The van der Waals surface area contributed by atoms with Crippen LogP contribution in [0.4, 0.5) is 0 Å². The minimum atomic E-state index is -3.54. The Labute approximate surface area is 124 Å². The predicted octanol–water partition coefficient (Wildman–Crippen LogP) is 0.877. The number of hydrogen-bond donors (Lipinski definition) is 2. The number of nitrogens with one attached hydrogen (secondary N) is 2. The van der Waals surface area contributed by atoms with E-state index in [0.717, 1.165) is 12.8 Å². The van der Waals surface area contributed by atoms with E-state index < -0.39 is 10.0 Å². The summed E-state index contributed by atoms with van der Waals surface area (Å²) < 4.78 is 38.5. The fraction of sp³-hybridized carbons (Fsp3) is 0.571. The van der Waals surface area contributed by atoms with Gasteiger partial charge in [-0.1, -0.05) is 0 Å². The van der Waals surface area contributed by atoms with Gasteiger partial charge in [-0.15, -0.1) is 0 Å². The monoisotopic (exact) mass is 312 g/mol. The lowest BCUT2D eigenvalue weighted by Gasteiger charge is -2.28. The maximum absolute atomic E-state index is 12.4. The van der Waals surface area contributed by atoms with E-state index in [2.05, 4.69) is 17.0 Å². The first-order valence-corrected chi connectivity index (χ1v) is 8.68. The smallest absolute Gasteiger partial charge is 0.241 e. The minimum absolute atomic E-state index is 0.0700. The molecule has 0 saturated carbocycles. The van der Waals surface area contributed by atoms with Crippen molar-refractivity contribution in [3.05, 3.63) is 18.2 Å². The van der Waals surface area contributed by atoms with Gasteiger partial charge in [0.15, 0.2) is 11.5 Å². The van der Waals surface area contributed by atoms with Crippen molar-refractivity contribution in [3.63, 3.8) is 0 Å². The number of piperidine rings is 1. The summed E-state index contributed by atoms with van der Waals surface area (Å²) in [7, 11) is -3.54. The molecule has 1 fully saturated rings. The molecule has 0 radical (unpaired) electrons. The first-order chi connectivity index (χ1) is 10.0. The molecule has 1 saturated heterocycles. The molecule has 2 aliphatic rings. The molecule has 2 aliphatic heterocycles. The zero-order valence-electron chi connectivity index (χ0n) is 12.0. The Bertz CT molecular complexity index is 609. The lowest BCUT2D eigenvalue weighted by atomic mass is 10.0. The van der Waals surface area contributed by atoms with Crippen LogP contribution >= 0.6 is 0 Å². The predicted molar refractivity (Wildman–Crippen MR) is 78.2 cm³/mol. The fourth-order valence-electron chi connectivity index (χ4n) is 2.58. The summed E-state index contributed by atoms with van der Waals surface area (Å²) in [6.45, 7) is 3.69. The zero-order valence-corrected chi connectivity index (χ0v) is 12.8. The molecule has 116 valence electrons. The summed E-state index contributed by atoms with van der Waals surface area (Å²) in [4.78, 5) is 0.213. The van der Waals surface area contributed by atoms with Crippen LogP contribution in [-0.4, -0.2) is 40.3 Å². The highest BCUT2D eigenvalue weighted by Gasteiger charge is 2.25. The highest BCUT2D eigenvalue weighted by molar-refractivity contribution is 7.89. The van der Waals surface area contributed by atoms with Crippen LogP contribution in [0.15, 0.2) is 23.1 Å². The minimum Gasteiger partial charge on any atom is -0.486 e. The van der Waals surface area contributed by atoms with Crippen LogP contribution in [-0.2, 0) is 10.0 Å². The molecule has 2 N–H and O–H groups in total. The van der Waals surface area contributed by atoms with Crippen LogP contribution in [0.1, 0.15) is 19.8 Å².